The minimum atomic E-state index is -0.163. The van der Waals surface area contributed by atoms with E-state index >= 15 is 0 Å². The first kappa shape index (κ1) is 32.5. The van der Waals surface area contributed by atoms with Crippen molar-refractivity contribution in [3.63, 3.8) is 0 Å². The minimum Gasteiger partial charge on any atom is -0.310 e. The van der Waals surface area contributed by atoms with Crippen LogP contribution in [0, 0.1) is 0 Å². The molecule has 0 saturated heterocycles. The van der Waals surface area contributed by atoms with E-state index in [2.05, 4.69) is 219 Å². The van der Waals surface area contributed by atoms with Gasteiger partial charge in [0.15, 0.2) is 0 Å². The van der Waals surface area contributed by atoms with E-state index in [1.165, 1.54) is 87.6 Å². The summed E-state index contributed by atoms with van der Waals surface area (Å²) in [7, 11) is 0. The second-order valence-electron chi connectivity index (χ2n) is 15.7. The van der Waals surface area contributed by atoms with Crippen LogP contribution in [-0.2, 0) is 5.41 Å². The maximum atomic E-state index is 2.50. The fraction of sp³-hybridized carbons (Fsp3) is 0.0545. The Morgan fingerprint density at radius 2 is 0.893 bits per heavy atom. The Morgan fingerprint density at radius 1 is 0.339 bits per heavy atom. The van der Waals surface area contributed by atoms with Gasteiger partial charge >= 0.3 is 0 Å². The molecular weight excluding hydrogens is 675 g/mol. The Balaban J connectivity index is 1.27. The molecule has 1 aliphatic carbocycles. The van der Waals surface area contributed by atoms with Gasteiger partial charge in [0.2, 0.25) is 0 Å². The first-order chi connectivity index (χ1) is 27.5. The molecule has 0 amide bonds. The van der Waals surface area contributed by atoms with E-state index in [4.69, 9.17) is 0 Å². The molecule has 264 valence electrons. The van der Waals surface area contributed by atoms with Gasteiger partial charge in [-0.3, -0.25) is 0 Å². The molecule has 1 nitrogen and oxygen atoms in total. The quantitative estimate of drug-likeness (QED) is 0.161. The van der Waals surface area contributed by atoms with Crippen molar-refractivity contribution in [3.05, 3.63) is 211 Å². The van der Waals surface area contributed by atoms with Crippen molar-refractivity contribution >= 4 is 60.2 Å². The summed E-state index contributed by atoms with van der Waals surface area (Å²) in [6.07, 6.45) is 0. The molecule has 0 aromatic heterocycles. The standard InChI is InChI=1S/C55H39N/c1-55(2)49-24-12-23-47(54(49)53-46-21-11-9-18-39(46)30-33-50(53)55)52-45(37-15-4-3-5-16-37)22-13-25-51(52)56(42-31-28-36-14-6-7-19-41(36)34-42)43-32-29-40-27-26-38-17-8-10-20-44(38)48(40)35-43/h3-35H,1-2H3. The van der Waals surface area contributed by atoms with Crippen molar-refractivity contribution in [2.24, 2.45) is 0 Å². The molecule has 0 unspecified atom stereocenters. The molecule has 0 bridgehead atoms. The largest absolute Gasteiger partial charge is 0.310 e. The molecule has 0 atom stereocenters. The van der Waals surface area contributed by atoms with Gasteiger partial charge in [-0.05, 0) is 112 Å². The van der Waals surface area contributed by atoms with E-state index in [1.54, 1.807) is 0 Å². The Bertz CT molecular complexity index is 3170. The molecule has 56 heavy (non-hydrogen) atoms. The lowest BCUT2D eigenvalue weighted by Crippen LogP contribution is -2.15. The Labute approximate surface area is 327 Å². The van der Waals surface area contributed by atoms with Gasteiger partial charge < -0.3 is 4.90 Å². The maximum absolute atomic E-state index is 2.50. The summed E-state index contributed by atoms with van der Waals surface area (Å²) in [5.41, 5.74) is 13.5. The molecule has 1 heteroatoms. The summed E-state index contributed by atoms with van der Waals surface area (Å²) in [6, 6.07) is 74.1. The van der Waals surface area contributed by atoms with E-state index in [0.717, 1.165) is 17.1 Å². The Morgan fingerprint density at radius 3 is 1.70 bits per heavy atom. The zero-order chi connectivity index (χ0) is 37.4. The fourth-order valence-corrected chi connectivity index (χ4v) is 9.50. The molecule has 0 N–H and O–H groups in total. The molecule has 0 heterocycles. The summed E-state index contributed by atoms with van der Waals surface area (Å²) in [5, 5.41) is 9.99. The zero-order valence-electron chi connectivity index (χ0n) is 31.5. The van der Waals surface area contributed by atoms with Crippen LogP contribution >= 0.6 is 0 Å². The SMILES string of the molecule is CC1(C)c2cccc(-c3c(-c4ccccc4)cccc3N(c3ccc4ccccc4c3)c3ccc4ccc5ccccc5c4c3)c2-c2c1ccc1ccccc21. The van der Waals surface area contributed by atoms with Crippen LogP contribution in [0.3, 0.4) is 0 Å². The van der Waals surface area contributed by atoms with Crippen LogP contribution < -0.4 is 4.90 Å². The van der Waals surface area contributed by atoms with E-state index in [-0.39, 0.29) is 5.41 Å². The molecule has 0 aliphatic heterocycles. The van der Waals surface area contributed by atoms with Gasteiger partial charge in [-0.15, -0.1) is 0 Å². The van der Waals surface area contributed by atoms with Gasteiger partial charge in [-0.2, -0.15) is 0 Å². The summed E-state index contributed by atoms with van der Waals surface area (Å²) < 4.78 is 0. The van der Waals surface area contributed by atoms with Crippen LogP contribution in [0.5, 0.6) is 0 Å². The molecule has 0 radical (unpaired) electrons. The average Bonchev–Trinajstić information content (AvgIpc) is 3.50. The lowest BCUT2D eigenvalue weighted by Gasteiger charge is -2.30. The number of hydrogen-bond donors (Lipinski definition) is 0. The second-order valence-corrected chi connectivity index (χ2v) is 15.7. The van der Waals surface area contributed by atoms with Crippen molar-refractivity contribution < 1.29 is 0 Å². The van der Waals surface area contributed by atoms with Gasteiger partial charge in [0, 0.05) is 22.4 Å². The van der Waals surface area contributed by atoms with Crippen LogP contribution in [-0.4, -0.2) is 0 Å². The van der Waals surface area contributed by atoms with Crippen molar-refractivity contribution in [1.82, 2.24) is 0 Å². The highest BCUT2D eigenvalue weighted by atomic mass is 15.1. The van der Waals surface area contributed by atoms with E-state index in [9.17, 15) is 0 Å². The number of fused-ring (bicyclic) bond motifs is 9. The fourth-order valence-electron chi connectivity index (χ4n) is 9.50. The highest BCUT2D eigenvalue weighted by Crippen LogP contribution is 2.57. The molecule has 0 saturated carbocycles. The number of hydrogen-bond acceptors (Lipinski definition) is 1. The van der Waals surface area contributed by atoms with Crippen molar-refractivity contribution in [3.8, 4) is 33.4 Å². The van der Waals surface area contributed by atoms with Crippen molar-refractivity contribution in [1.29, 1.82) is 0 Å². The Hall–Kier alpha value is -6.96. The summed E-state index contributed by atoms with van der Waals surface area (Å²) >= 11 is 0. The van der Waals surface area contributed by atoms with Gasteiger partial charge in [0.25, 0.3) is 0 Å². The summed E-state index contributed by atoms with van der Waals surface area (Å²) in [5.74, 6) is 0. The van der Waals surface area contributed by atoms with Crippen LogP contribution in [0.15, 0.2) is 200 Å². The highest BCUT2D eigenvalue weighted by molar-refractivity contribution is 6.12. The van der Waals surface area contributed by atoms with Crippen LogP contribution in [0.2, 0.25) is 0 Å². The molecule has 11 rings (SSSR count). The zero-order valence-corrected chi connectivity index (χ0v) is 31.5. The number of benzene rings is 10. The van der Waals surface area contributed by atoms with Crippen LogP contribution in [0.25, 0.3) is 76.5 Å². The summed E-state index contributed by atoms with van der Waals surface area (Å²) in [4.78, 5) is 2.50. The number of anilines is 3. The highest BCUT2D eigenvalue weighted by Gasteiger charge is 2.38. The van der Waals surface area contributed by atoms with Crippen molar-refractivity contribution in [2.75, 3.05) is 4.90 Å². The minimum absolute atomic E-state index is 0.163. The average molecular weight is 714 g/mol. The van der Waals surface area contributed by atoms with Gasteiger partial charge in [-0.1, -0.05) is 184 Å². The maximum Gasteiger partial charge on any atom is 0.0546 e. The van der Waals surface area contributed by atoms with Crippen molar-refractivity contribution in [2.45, 2.75) is 19.3 Å². The molecule has 0 spiro atoms. The lowest BCUT2D eigenvalue weighted by molar-refractivity contribution is 0.661. The predicted octanol–water partition coefficient (Wildman–Crippen LogP) is 15.4. The first-order valence-electron chi connectivity index (χ1n) is 19.6. The third kappa shape index (κ3) is 4.94. The molecule has 0 fully saturated rings. The molecule has 1 aliphatic rings. The second kappa shape index (κ2) is 12.5. The topological polar surface area (TPSA) is 3.24 Å². The summed E-state index contributed by atoms with van der Waals surface area (Å²) in [6.45, 7) is 4.78. The van der Waals surface area contributed by atoms with E-state index in [1.807, 2.05) is 0 Å². The predicted molar refractivity (Wildman–Crippen MR) is 240 cm³/mol. The first-order valence-corrected chi connectivity index (χ1v) is 19.6. The van der Waals surface area contributed by atoms with E-state index < -0.39 is 0 Å². The van der Waals surface area contributed by atoms with Gasteiger partial charge in [0.1, 0.15) is 0 Å². The normalized spacial score (nSPS) is 13.0. The van der Waals surface area contributed by atoms with Gasteiger partial charge in [-0.25, -0.2) is 0 Å². The third-order valence-corrected chi connectivity index (χ3v) is 12.2. The molecular formula is C55H39N. The number of rotatable bonds is 5. The third-order valence-electron chi connectivity index (χ3n) is 12.2. The number of nitrogens with zero attached hydrogens (tertiary/aromatic N) is 1. The van der Waals surface area contributed by atoms with Crippen LogP contribution in [0.4, 0.5) is 17.1 Å². The molecule has 10 aromatic carbocycles. The van der Waals surface area contributed by atoms with E-state index in [0.29, 0.717) is 0 Å². The van der Waals surface area contributed by atoms with Gasteiger partial charge in [0.05, 0.1) is 5.69 Å². The monoisotopic (exact) mass is 713 g/mol. The lowest BCUT2D eigenvalue weighted by atomic mass is 9.81. The smallest absolute Gasteiger partial charge is 0.0546 e. The Kier molecular flexibility index (Phi) is 7.28. The van der Waals surface area contributed by atoms with Crippen LogP contribution in [0.1, 0.15) is 25.0 Å². The molecule has 10 aromatic rings.